The molecule has 3 rings (SSSR count). The molecule has 3 heterocycles. The highest BCUT2D eigenvalue weighted by molar-refractivity contribution is 6.05. The van der Waals surface area contributed by atoms with Gasteiger partial charge in [-0.05, 0) is 31.3 Å². The van der Waals surface area contributed by atoms with E-state index in [1.54, 1.807) is 12.1 Å². The molecule has 7 nitrogen and oxygen atoms in total. The Morgan fingerprint density at radius 1 is 1.18 bits per heavy atom. The third-order valence-electron chi connectivity index (χ3n) is 4.22. The fourth-order valence-corrected chi connectivity index (χ4v) is 2.71. The minimum Gasteiger partial charge on any atom is -0.467 e. The molecular formula is C18H20F3N5O2. The van der Waals surface area contributed by atoms with Crippen LogP contribution in [0.5, 0.6) is 5.88 Å². The number of pyridine rings is 2. The molecule has 0 aliphatic carbocycles. The number of hydrogen-bond donors (Lipinski definition) is 1. The molecule has 0 bridgehead atoms. The second kappa shape index (κ2) is 8.42. The first-order valence-electron chi connectivity index (χ1n) is 8.67. The lowest BCUT2D eigenvalue weighted by atomic mass is 10.2. The van der Waals surface area contributed by atoms with Gasteiger partial charge in [0, 0.05) is 32.4 Å². The summed E-state index contributed by atoms with van der Waals surface area (Å²) in [5, 5.41) is 2.60. The molecule has 0 aromatic carbocycles. The summed E-state index contributed by atoms with van der Waals surface area (Å²) in [6, 6.07) is 6.29. The van der Waals surface area contributed by atoms with E-state index in [4.69, 9.17) is 0 Å². The Labute approximate surface area is 160 Å². The van der Waals surface area contributed by atoms with Crippen LogP contribution >= 0.6 is 0 Å². The van der Waals surface area contributed by atoms with Crippen LogP contribution in [0.4, 0.5) is 24.7 Å². The van der Waals surface area contributed by atoms with Crippen LogP contribution in [-0.4, -0.2) is 66.8 Å². The summed E-state index contributed by atoms with van der Waals surface area (Å²) in [6.45, 7) is 2.10. The quantitative estimate of drug-likeness (QED) is 0.839. The second-order valence-electron chi connectivity index (χ2n) is 6.41. The number of amides is 1. The monoisotopic (exact) mass is 395 g/mol. The predicted octanol–water partition coefficient (Wildman–Crippen LogP) is 2.42. The maximum absolute atomic E-state index is 12.4. The van der Waals surface area contributed by atoms with Crippen LogP contribution in [0.3, 0.4) is 0 Å². The number of nitrogens with one attached hydrogen (secondary N) is 1. The second-order valence-corrected chi connectivity index (χ2v) is 6.41. The van der Waals surface area contributed by atoms with Gasteiger partial charge in [-0.2, -0.15) is 13.2 Å². The molecule has 150 valence electrons. The van der Waals surface area contributed by atoms with Crippen molar-refractivity contribution in [1.82, 2.24) is 14.9 Å². The molecule has 0 spiro atoms. The molecule has 28 heavy (non-hydrogen) atoms. The van der Waals surface area contributed by atoms with Gasteiger partial charge in [0.2, 0.25) is 5.88 Å². The van der Waals surface area contributed by atoms with E-state index in [9.17, 15) is 18.0 Å². The van der Waals surface area contributed by atoms with Gasteiger partial charge in [-0.15, -0.1) is 0 Å². The van der Waals surface area contributed by atoms with Crippen LogP contribution in [0.2, 0.25) is 0 Å². The molecule has 1 saturated heterocycles. The number of carbonyl (C=O) groups is 1. The minimum atomic E-state index is -4.52. The smallest absolute Gasteiger partial charge is 0.422 e. The van der Waals surface area contributed by atoms with Gasteiger partial charge in [0.1, 0.15) is 11.4 Å². The third-order valence-corrected chi connectivity index (χ3v) is 4.22. The molecule has 0 radical (unpaired) electrons. The number of ether oxygens (including phenoxy) is 1. The summed E-state index contributed by atoms with van der Waals surface area (Å²) in [5.41, 5.74) is 0.336. The van der Waals surface area contributed by atoms with Gasteiger partial charge >= 0.3 is 6.18 Å². The number of halogens is 3. The van der Waals surface area contributed by atoms with Crippen molar-refractivity contribution in [3.05, 3.63) is 42.2 Å². The highest BCUT2D eigenvalue weighted by Gasteiger charge is 2.29. The van der Waals surface area contributed by atoms with E-state index >= 15 is 0 Å². The Hall–Kier alpha value is -2.88. The molecule has 10 heteroatoms. The molecule has 1 fully saturated rings. The van der Waals surface area contributed by atoms with E-state index < -0.39 is 18.7 Å². The first kappa shape index (κ1) is 19.9. The summed E-state index contributed by atoms with van der Waals surface area (Å²) in [6.07, 6.45) is -1.75. The number of likely N-dealkylation sites (N-methyl/N-ethyl adjacent to an activating group) is 1. The number of piperazine rings is 1. The number of carbonyl (C=O) groups excluding carboxylic acids is 1. The lowest BCUT2D eigenvalue weighted by molar-refractivity contribution is -0.154. The molecule has 0 atom stereocenters. The van der Waals surface area contributed by atoms with Crippen LogP contribution in [-0.2, 0) is 0 Å². The molecule has 1 aliphatic rings. The number of alkyl halides is 3. The zero-order chi connectivity index (χ0) is 20.1. The lowest BCUT2D eigenvalue weighted by Crippen LogP contribution is -2.44. The molecule has 2 aromatic heterocycles. The molecule has 2 aromatic rings. The van der Waals surface area contributed by atoms with Crippen LogP contribution in [0.25, 0.3) is 0 Å². The maximum atomic E-state index is 12.4. The third kappa shape index (κ3) is 5.32. The van der Waals surface area contributed by atoms with Crippen LogP contribution in [0, 0.1) is 0 Å². The first-order valence-corrected chi connectivity index (χ1v) is 8.67. The molecule has 1 aliphatic heterocycles. The number of hydrogen-bond acceptors (Lipinski definition) is 6. The topological polar surface area (TPSA) is 70.6 Å². The van der Waals surface area contributed by atoms with Gasteiger partial charge in [-0.1, -0.05) is 0 Å². The van der Waals surface area contributed by atoms with E-state index in [1.165, 1.54) is 24.5 Å². The van der Waals surface area contributed by atoms with Crippen molar-refractivity contribution in [2.75, 3.05) is 50.1 Å². The largest absolute Gasteiger partial charge is 0.467 e. The summed E-state index contributed by atoms with van der Waals surface area (Å²) in [5.74, 6) is -0.194. The Bertz CT molecular complexity index is 806. The predicted molar refractivity (Wildman–Crippen MR) is 97.7 cm³/mol. The van der Waals surface area contributed by atoms with Gasteiger partial charge in [0.15, 0.2) is 6.61 Å². The number of nitrogens with zero attached hydrogens (tertiary/aromatic N) is 4. The summed E-state index contributed by atoms with van der Waals surface area (Å²) in [4.78, 5) is 24.9. The molecule has 0 unspecified atom stereocenters. The number of anilines is 2. The van der Waals surface area contributed by atoms with Crippen LogP contribution in [0.1, 0.15) is 10.4 Å². The average molecular weight is 395 g/mol. The van der Waals surface area contributed by atoms with Crippen molar-refractivity contribution >= 4 is 17.4 Å². The van der Waals surface area contributed by atoms with Gasteiger partial charge < -0.3 is 19.9 Å². The zero-order valence-corrected chi connectivity index (χ0v) is 15.2. The molecule has 1 amide bonds. The van der Waals surface area contributed by atoms with E-state index in [-0.39, 0.29) is 11.4 Å². The Balaban J connectivity index is 1.65. The molecular weight excluding hydrogens is 375 g/mol. The summed E-state index contributed by atoms with van der Waals surface area (Å²) in [7, 11) is 2.06. The van der Waals surface area contributed by atoms with Crippen molar-refractivity contribution in [2.24, 2.45) is 0 Å². The maximum Gasteiger partial charge on any atom is 0.422 e. The highest BCUT2D eigenvalue weighted by atomic mass is 19.4. The number of aromatic nitrogens is 2. The van der Waals surface area contributed by atoms with Gasteiger partial charge in [0.25, 0.3) is 5.91 Å². The van der Waals surface area contributed by atoms with Crippen molar-refractivity contribution < 1.29 is 22.7 Å². The fourth-order valence-electron chi connectivity index (χ4n) is 2.71. The van der Waals surface area contributed by atoms with E-state index in [2.05, 4.69) is 36.9 Å². The normalized spacial score (nSPS) is 15.4. The molecule has 1 N–H and O–H groups in total. The standard InChI is InChI=1S/C18H20F3N5O2/c1-25-7-9-26(10-8-25)15-5-4-13(11-23-15)24-16(27)14-3-2-6-22-17(14)28-12-18(19,20)21/h2-6,11H,7-10,12H2,1H3,(H,24,27). The lowest BCUT2D eigenvalue weighted by Gasteiger charge is -2.33. The minimum absolute atomic E-state index is 0.0881. The van der Waals surface area contributed by atoms with Crippen molar-refractivity contribution in [3.8, 4) is 5.88 Å². The van der Waals surface area contributed by atoms with Crippen molar-refractivity contribution in [2.45, 2.75) is 6.18 Å². The molecule has 0 saturated carbocycles. The van der Waals surface area contributed by atoms with E-state index in [0.29, 0.717) is 5.69 Å². The van der Waals surface area contributed by atoms with Crippen molar-refractivity contribution in [1.29, 1.82) is 0 Å². The summed E-state index contributed by atoms with van der Waals surface area (Å²) >= 11 is 0. The average Bonchev–Trinajstić information content (AvgIpc) is 2.67. The first-order chi connectivity index (χ1) is 13.3. The number of rotatable bonds is 5. The van der Waals surface area contributed by atoms with Crippen molar-refractivity contribution in [3.63, 3.8) is 0 Å². The van der Waals surface area contributed by atoms with Gasteiger partial charge in [-0.25, -0.2) is 9.97 Å². The highest BCUT2D eigenvalue weighted by Crippen LogP contribution is 2.22. The Morgan fingerprint density at radius 3 is 2.57 bits per heavy atom. The zero-order valence-electron chi connectivity index (χ0n) is 15.2. The van der Waals surface area contributed by atoms with E-state index in [0.717, 1.165) is 32.0 Å². The van der Waals surface area contributed by atoms with E-state index in [1.807, 2.05) is 0 Å². The van der Waals surface area contributed by atoms with Gasteiger partial charge in [0.05, 0.1) is 11.9 Å². The Kier molecular flexibility index (Phi) is 5.98. The van der Waals surface area contributed by atoms with Crippen LogP contribution < -0.4 is 15.0 Å². The fraction of sp³-hybridized carbons (Fsp3) is 0.389. The Morgan fingerprint density at radius 2 is 1.93 bits per heavy atom. The SMILES string of the molecule is CN1CCN(c2ccc(NC(=O)c3cccnc3OCC(F)(F)F)cn2)CC1. The van der Waals surface area contributed by atoms with Crippen LogP contribution in [0.15, 0.2) is 36.7 Å². The van der Waals surface area contributed by atoms with Gasteiger partial charge in [-0.3, -0.25) is 4.79 Å². The summed E-state index contributed by atoms with van der Waals surface area (Å²) < 4.78 is 41.7.